The quantitative estimate of drug-likeness (QED) is 0.804. The highest BCUT2D eigenvalue weighted by molar-refractivity contribution is 9.09. The first-order chi connectivity index (χ1) is 8.93. The lowest BCUT2D eigenvalue weighted by Gasteiger charge is -2.17. The van der Waals surface area contributed by atoms with E-state index in [1.807, 2.05) is 24.3 Å². The van der Waals surface area contributed by atoms with Crippen LogP contribution < -0.4 is 9.44 Å². The van der Waals surface area contributed by atoms with Crippen molar-refractivity contribution in [3.63, 3.8) is 0 Å². The molecule has 2 unspecified atom stereocenters. The number of carbonyl (C=O) groups excluding carboxylic acids is 1. The second-order valence-corrected chi connectivity index (χ2v) is 6.73. The third kappa shape index (κ3) is 3.26. The van der Waals surface area contributed by atoms with E-state index in [4.69, 9.17) is 0 Å². The predicted octanol–water partition coefficient (Wildman–Crippen LogP) is 1.24. The van der Waals surface area contributed by atoms with Crippen LogP contribution in [0.25, 0.3) is 0 Å². The lowest BCUT2D eigenvalue weighted by molar-refractivity contribution is 0.177. The topological polar surface area (TPSA) is 84.5 Å². The number of hydrogen-bond acceptors (Lipinski definition) is 4. The van der Waals surface area contributed by atoms with Crippen LogP contribution in [-0.2, 0) is 21.4 Å². The Morgan fingerprint density at radius 3 is 2.79 bits per heavy atom. The highest BCUT2D eigenvalue weighted by atomic mass is 79.9. The van der Waals surface area contributed by atoms with E-state index in [-0.39, 0.29) is 4.83 Å². The summed E-state index contributed by atoms with van der Waals surface area (Å²) in [6.45, 7) is 0. The van der Waals surface area contributed by atoms with Crippen LogP contribution in [0, 0.1) is 0 Å². The van der Waals surface area contributed by atoms with Crippen molar-refractivity contribution >= 4 is 32.2 Å². The van der Waals surface area contributed by atoms with Crippen molar-refractivity contribution in [2.45, 2.75) is 17.3 Å². The minimum Gasteiger partial charge on any atom is -0.452 e. The number of carbonyl (C=O) groups is 1. The first-order valence-electron chi connectivity index (χ1n) is 5.53. The van der Waals surface area contributed by atoms with E-state index >= 15 is 0 Å². The molecule has 1 aliphatic carbocycles. The average molecular weight is 349 g/mol. The maximum Gasteiger partial charge on any atom is 0.421 e. The zero-order valence-electron chi connectivity index (χ0n) is 10.1. The average Bonchev–Trinajstić information content (AvgIpc) is 2.65. The molecule has 0 bridgehead atoms. The van der Waals surface area contributed by atoms with Crippen LogP contribution in [0.1, 0.15) is 17.2 Å². The molecule has 2 atom stereocenters. The van der Waals surface area contributed by atoms with Gasteiger partial charge >= 0.3 is 16.3 Å². The number of halogens is 1. The van der Waals surface area contributed by atoms with Crippen molar-refractivity contribution in [1.29, 1.82) is 0 Å². The van der Waals surface area contributed by atoms with Gasteiger partial charge in [0.1, 0.15) is 0 Å². The van der Waals surface area contributed by atoms with Gasteiger partial charge < -0.3 is 4.74 Å². The fraction of sp³-hybridized carbons (Fsp3) is 0.364. The minimum absolute atomic E-state index is 0.0564. The summed E-state index contributed by atoms with van der Waals surface area (Å²) < 4.78 is 32.0. The summed E-state index contributed by atoms with van der Waals surface area (Å²) in [6.07, 6.45) is -0.299. The molecule has 0 radical (unpaired) electrons. The van der Waals surface area contributed by atoms with E-state index in [9.17, 15) is 13.2 Å². The standard InChI is InChI=1S/C11H13BrN2O4S/c1-18-11(15)14-19(16,17)13-10-8-5-3-2-4-7(8)6-9(10)12/h2-5,9-10,13H,6H2,1H3,(H,14,15). The molecule has 0 spiro atoms. The molecule has 8 heteroatoms. The molecule has 104 valence electrons. The van der Waals surface area contributed by atoms with Gasteiger partial charge in [-0.15, -0.1) is 0 Å². The third-order valence-electron chi connectivity index (χ3n) is 2.85. The molecule has 0 saturated heterocycles. The molecule has 0 aromatic heterocycles. The van der Waals surface area contributed by atoms with Crippen LogP contribution in [0.3, 0.4) is 0 Å². The zero-order chi connectivity index (χ0) is 14.0. The Bertz CT molecular complexity index is 590. The molecule has 2 rings (SSSR count). The molecule has 0 aliphatic heterocycles. The minimum atomic E-state index is -3.96. The van der Waals surface area contributed by atoms with Crippen LogP contribution in [-0.4, -0.2) is 26.4 Å². The van der Waals surface area contributed by atoms with Gasteiger partial charge in [-0.2, -0.15) is 13.1 Å². The number of hydrogen-bond donors (Lipinski definition) is 2. The molecule has 1 aromatic carbocycles. The van der Waals surface area contributed by atoms with Gasteiger partial charge in [0, 0.05) is 4.83 Å². The molecule has 6 nitrogen and oxygen atoms in total. The molecule has 0 heterocycles. The highest BCUT2D eigenvalue weighted by Gasteiger charge is 2.33. The molecule has 0 fully saturated rings. The summed E-state index contributed by atoms with van der Waals surface area (Å²) >= 11 is 3.45. The molecule has 1 amide bonds. The van der Waals surface area contributed by atoms with Gasteiger partial charge in [-0.05, 0) is 17.5 Å². The van der Waals surface area contributed by atoms with Crippen molar-refractivity contribution in [1.82, 2.24) is 9.44 Å². The van der Waals surface area contributed by atoms with Gasteiger partial charge in [0.05, 0.1) is 13.2 Å². The molecular weight excluding hydrogens is 336 g/mol. The molecule has 0 saturated carbocycles. The summed E-state index contributed by atoms with van der Waals surface area (Å²) in [7, 11) is -2.86. The van der Waals surface area contributed by atoms with Crippen LogP contribution >= 0.6 is 15.9 Å². The van der Waals surface area contributed by atoms with E-state index < -0.39 is 22.3 Å². The van der Waals surface area contributed by atoms with Gasteiger partial charge in [-0.1, -0.05) is 40.2 Å². The third-order valence-corrected chi connectivity index (χ3v) is 4.70. The van der Waals surface area contributed by atoms with Crippen LogP contribution in [0.5, 0.6) is 0 Å². The predicted molar refractivity (Wildman–Crippen MR) is 73.2 cm³/mol. The first kappa shape index (κ1) is 14.3. The Labute approximate surface area is 119 Å². The summed E-state index contributed by atoms with van der Waals surface area (Å²) in [4.78, 5) is 10.9. The highest BCUT2D eigenvalue weighted by Crippen LogP contribution is 2.35. The molecule has 19 heavy (non-hydrogen) atoms. The van der Waals surface area contributed by atoms with Crippen molar-refractivity contribution in [3.8, 4) is 0 Å². The van der Waals surface area contributed by atoms with Crippen molar-refractivity contribution < 1.29 is 17.9 Å². The summed E-state index contributed by atoms with van der Waals surface area (Å²) in [5, 5.41) is 0. The second-order valence-electron chi connectivity index (χ2n) is 4.11. The lowest BCUT2D eigenvalue weighted by atomic mass is 10.1. The fourth-order valence-corrected chi connectivity index (χ4v) is 3.96. The Balaban J connectivity index is 2.18. The Kier molecular flexibility index (Phi) is 4.12. The van der Waals surface area contributed by atoms with E-state index in [1.165, 1.54) is 0 Å². The van der Waals surface area contributed by atoms with Gasteiger partial charge in [-0.3, -0.25) is 0 Å². The van der Waals surface area contributed by atoms with Crippen LogP contribution in [0.4, 0.5) is 4.79 Å². The zero-order valence-corrected chi connectivity index (χ0v) is 12.5. The van der Waals surface area contributed by atoms with E-state index in [2.05, 4.69) is 25.4 Å². The van der Waals surface area contributed by atoms with E-state index in [0.29, 0.717) is 0 Å². The maximum atomic E-state index is 11.8. The Morgan fingerprint density at radius 1 is 1.42 bits per heavy atom. The van der Waals surface area contributed by atoms with E-state index in [1.54, 1.807) is 4.72 Å². The van der Waals surface area contributed by atoms with Crippen molar-refractivity contribution in [3.05, 3.63) is 35.4 Å². The van der Waals surface area contributed by atoms with Crippen molar-refractivity contribution in [2.75, 3.05) is 7.11 Å². The smallest absolute Gasteiger partial charge is 0.421 e. The second kappa shape index (κ2) is 5.48. The largest absolute Gasteiger partial charge is 0.452 e. The number of benzene rings is 1. The number of rotatable bonds is 3. The van der Waals surface area contributed by atoms with Gasteiger partial charge in [0.15, 0.2) is 0 Å². The number of methoxy groups -OCH3 is 1. The summed E-state index contributed by atoms with van der Waals surface area (Å²) in [5.74, 6) is 0. The van der Waals surface area contributed by atoms with Gasteiger partial charge in [-0.25, -0.2) is 9.52 Å². The molecule has 1 aromatic rings. The van der Waals surface area contributed by atoms with Crippen LogP contribution in [0.15, 0.2) is 24.3 Å². The number of nitrogens with one attached hydrogen (secondary N) is 2. The van der Waals surface area contributed by atoms with Crippen molar-refractivity contribution in [2.24, 2.45) is 0 Å². The lowest BCUT2D eigenvalue weighted by Crippen LogP contribution is -2.43. The van der Waals surface area contributed by atoms with Gasteiger partial charge in [0.25, 0.3) is 0 Å². The van der Waals surface area contributed by atoms with E-state index in [0.717, 1.165) is 24.7 Å². The normalized spacial score (nSPS) is 21.8. The Hall–Kier alpha value is -1.12. The van der Waals surface area contributed by atoms with Crippen LogP contribution in [0.2, 0.25) is 0 Å². The maximum absolute atomic E-state index is 11.8. The SMILES string of the molecule is COC(=O)NS(=O)(=O)NC1c2ccccc2CC1Br. The number of alkyl halides is 1. The number of amides is 1. The first-order valence-corrected chi connectivity index (χ1v) is 7.92. The van der Waals surface area contributed by atoms with Gasteiger partial charge in [0.2, 0.25) is 0 Å². The monoisotopic (exact) mass is 348 g/mol. The Morgan fingerprint density at radius 2 is 2.11 bits per heavy atom. The molecule has 1 aliphatic rings. The molecule has 2 N–H and O–H groups in total. The number of fused-ring (bicyclic) bond motifs is 1. The number of ether oxygens (including phenoxy) is 1. The molecular formula is C11H13BrN2O4S. The summed E-state index contributed by atoms with van der Waals surface area (Å²) in [6, 6.07) is 7.15. The summed E-state index contributed by atoms with van der Waals surface area (Å²) in [5.41, 5.74) is 1.98. The fourth-order valence-electron chi connectivity index (χ4n) is 2.03.